The van der Waals surface area contributed by atoms with Gasteiger partial charge in [-0.15, -0.1) is 0 Å². The van der Waals surface area contributed by atoms with E-state index < -0.39 is 0 Å². The zero-order valence-electron chi connectivity index (χ0n) is 18.7. The van der Waals surface area contributed by atoms with Gasteiger partial charge in [-0.3, -0.25) is 0 Å². The summed E-state index contributed by atoms with van der Waals surface area (Å²) in [5, 5.41) is 5.77. The molecule has 0 saturated carbocycles. The van der Waals surface area contributed by atoms with Gasteiger partial charge in [-0.05, 0) is 60.9 Å². The summed E-state index contributed by atoms with van der Waals surface area (Å²) in [4.78, 5) is 0. The van der Waals surface area contributed by atoms with Gasteiger partial charge in [0.15, 0.2) is 0 Å². The molecule has 2 N–H and O–H groups in total. The van der Waals surface area contributed by atoms with Gasteiger partial charge in [0.25, 0.3) is 0 Å². The molecule has 0 aliphatic rings. The Hall–Kier alpha value is -1.60. The van der Waals surface area contributed by atoms with E-state index >= 15 is 0 Å². The second-order valence-corrected chi connectivity index (χ2v) is 12.7. The number of hydrogen-bond donors (Lipinski definition) is 2. The highest BCUT2D eigenvalue weighted by Gasteiger charge is 2.12. The summed E-state index contributed by atoms with van der Waals surface area (Å²) in [5.41, 5.74) is 0. The molecule has 0 aliphatic carbocycles. The average Bonchev–Trinajstić information content (AvgIpc) is 2.88. The Balaban J connectivity index is 0.000000227. The van der Waals surface area contributed by atoms with Crippen molar-refractivity contribution in [3.05, 3.63) is 121 Å². The third-order valence-corrected chi connectivity index (χ3v) is 11.1. The largest absolute Gasteiger partial charge is 0.412 e. The summed E-state index contributed by atoms with van der Waals surface area (Å²) in [7, 11) is -0.455. The van der Waals surface area contributed by atoms with Crippen LogP contribution in [0.3, 0.4) is 0 Å². The molecule has 4 rings (SSSR count). The molecule has 0 amide bonds. The first kappa shape index (κ1) is 27.6. The van der Waals surface area contributed by atoms with E-state index in [4.69, 9.17) is 0 Å². The van der Waals surface area contributed by atoms with Crippen molar-refractivity contribution in [3.8, 4) is 0 Å². The van der Waals surface area contributed by atoms with Crippen molar-refractivity contribution in [3.63, 3.8) is 0 Å². The van der Waals surface area contributed by atoms with Gasteiger partial charge in [0.1, 0.15) is 0 Å². The molecule has 0 saturated heterocycles. The van der Waals surface area contributed by atoms with Crippen LogP contribution in [0.1, 0.15) is 0 Å². The van der Waals surface area contributed by atoms with E-state index in [-0.39, 0.29) is 21.3 Å². The Morgan fingerprint density at radius 3 is 0.788 bits per heavy atom. The minimum Gasteiger partial charge on any atom is -0.412 e. The van der Waals surface area contributed by atoms with Crippen LogP contribution < -0.4 is 21.2 Å². The predicted octanol–water partition coefficient (Wildman–Crippen LogP) is 5.27. The maximum absolute atomic E-state index is 4.38. The smallest absolute Gasteiger partial charge is 0.00525 e. The molecule has 5 heteroatoms. The van der Waals surface area contributed by atoms with Crippen molar-refractivity contribution < 1.29 is 5.48 Å². The van der Waals surface area contributed by atoms with Gasteiger partial charge < -0.3 is 5.48 Å². The number of rotatable bonds is 8. The minimum absolute atomic E-state index is 0. The lowest BCUT2D eigenvalue weighted by molar-refractivity contribution is 0.824. The molecule has 0 heterocycles. The lowest BCUT2D eigenvalue weighted by atomic mass is 10.4. The van der Waals surface area contributed by atoms with Crippen molar-refractivity contribution in [2.24, 2.45) is 0 Å². The second kappa shape index (κ2) is 16.1. The van der Waals surface area contributed by atoms with Crippen LogP contribution in [0.2, 0.25) is 0 Å². The van der Waals surface area contributed by atoms with Crippen molar-refractivity contribution in [1.29, 1.82) is 0 Å². The minimum atomic E-state index is -0.227. The molecule has 33 heavy (non-hydrogen) atoms. The van der Waals surface area contributed by atoms with E-state index in [9.17, 15) is 0 Å². The van der Waals surface area contributed by atoms with Crippen LogP contribution in [-0.4, -0.2) is 29.3 Å². The predicted molar refractivity (Wildman–Crippen MR) is 159 cm³/mol. The number of benzene rings is 4. The lowest BCUT2D eigenvalue weighted by Gasteiger charge is -2.17. The quantitative estimate of drug-likeness (QED) is 0.239. The van der Waals surface area contributed by atoms with Gasteiger partial charge in [-0.1, -0.05) is 121 Å². The summed E-state index contributed by atoms with van der Waals surface area (Å²) < 4.78 is 0. The van der Waals surface area contributed by atoms with Crippen molar-refractivity contribution in [1.82, 2.24) is 0 Å². The zero-order valence-corrected chi connectivity index (χ0v) is 22.2. The first-order chi connectivity index (χ1) is 15.8. The molecule has 0 atom stereocenters. The van der Waals surface area contributed by atoms with Crippen LogP contribution in [0, 0.1) is 0 Å². The second-order valence-electron chi connectivity index (χ2n) is 7.09. The van der Waals surface area contributed by atoms with E-state index in [1.165, 1.54) is 21.2 Å². The summed E-state index contributed by atoms with van der Waals surface area (Å²) in [6.07, 6.45) is 2.29. The number of hydrogen-bond acceptors (Lipinski definition) is 2. The van der Waals surface area contributed by atoms with Gasteiger partial charge in [0, 0.05) is 0 Å². The van der Waals surface area contributed by atoms with Crippen LogP contribution in [0.4, 0.5) is 0 Å². The zero-order chi connectivity index (χ0) is 22.4. The van der Waals surface area contributed by atoms with Crippen LogP contribution in [-0.2, 0) is 0 Å². The highest BCUT2D eigenvalue weighted by atomic mass is 32.1. The Bertz CT molecular complexity index is 839. The topological polar surface area (TPSA) is 31.5 Å². The molecule has 0 radical (unpaired) electrons. The summed E-state index contributed by atoms with van der Waals surface area (Å²) in [6.45, 7) is 0. The molecule has 0 bridgehead atoms. The molecule has 0 spiro atoms. The summed E-state index contributed by atoms with van der Waals surface area (Å²) in [5.74, 6) is 1.88. The fourth-order valence-corrected chi connectivity index (χ4v) is 8.80. The third-order valence-electron chi connectivity index (χ3n) is 4.92. The molecular weight excluding hydrogens is 478 g/mol. The van der Waals surface area contributed by atoms with Crippen LogP contribution in [0.5, 0.6) is 0 Å². The molecule has 4 aromatic rings. The maximum Gasteiger partial charge on any atom is -0.00525 e. The molecule has 1 nitrogen and oxygen atoms in total. The standard InChI is InChI=1S/2C14H15PS.H2O/c2*16-12-11-15(13-7-3-1-4-8-13)14-9-5-2-6-10-14;/h2*1-10,16H,11-12H2;1H2. The highest BCUT2D eigenvalue weighted by molar-refractivity contribution is 7.82. The summed E-state index contributed by atoms with van der Waals surface area (Å²) in [6, 6.07) is 43.0. The molecule has 4 aromatic carbocycles. The normalized spacial score (nSPS) is 10.3. The number of thiol groups is 2. The Labute approximate surface area is 212 Å². The van der Waals surface area contributed by atoms with Crippen LogP contribution >= 0.6 is 41.1 Å². The lowest BCUT2D eigenvalue weighted by Crippen LogP contribution is -2.14. The molecule has 0 fully saturated rings. The average molecular weight is 511 g/mol. The maximum atomic E-state index is 4.38. The van der Waals surface area contributed by atoms with E-state index in [1.807, 2.05) is 0 Å². The van der Waals surface area contributed by atoms with Gasteiger partial charge in [0.2, 0.25) is 0 Å². The SMILES string of the molecule is O.SCCP(c1ccccc1)c1ccccc1.SCCP(c1ccccc1)c1ccccc1. The van der Waals surface area contributed by atoms with Crippen molar-refractivity contribution in [2.75, 3.05) is 23.8 Å². The molecule has 172 valence electrons. The van der Waals surface area contributed by atoms with Gasteiger partial charge in [-0.25, -0.2) is 0 Å². The van der Waals surface area contributed by atoms with Crippen molar-refractivity contribution in [2.45, 2.75) is 0 Å². The van der Waals surface area contributed by atoms with E-state index in [0.29, 0.717) is 0 Å². The summed E-state index contributed by atoms with van der Waals surface area (Å²) >= 11 is 8.75. The van der Waals surface area contributed by atoms with Gasteiger partial charge >= 0.3 is 0 Å². The van der Waals surface area contributed by atoms with E-state index in [2.05, 4.69) is 147 Å². The van der Waals surface area contributed by atoms with Crippen LogP contribution in [0.15, 0.2) is 121 Å². The fourth-order valence-electron chi connectivity index (χ4n) is 3.45. The Kier molecular flexibility index (Phi) is 13.5. The Morgan fingerprint density at radius 2 is 0.606 bits per heavy atom. The van der Waals surface area contributed by atoms with Crippen LogP contribution in [0.25, 0.3) is 0 Å². The molecule has 0 aliphatic heterocycles. The monoisotopic (exact) mass is 510 g/mol. The van der Waals surface area contributed by atoms with Crippen molar-refractivity contribution >= 4 is 62.3 Å². The Morgan fingerprint density at radius 1 is 0.394 bits per heavy atom. The first-order valence-electron chi connectivity index (χ1n) is 10.8. The fraction of sp³-hybridized carbons (Fsp3) is 0.143. The first-order valence-corrected chi connectivity index (χ1v) is 15.1. The molecule has 0 aromatic heterocycles. The molecule has 0 unspecified atom stereocenters. The van der Waals surface area contributed by atoms with E-state index in [0.717, 1.165) is 23.8 Å². The van der Waals surface area contributed by atoms with E-state index in [1.54, 1.807) is 0 Å². The van der Waals surface area contributed by atoms with Gasteiger partial charge in [-0.2, -0.15) is 25.3 Å². The molecular formula is C28H32OP2S2. The highest BCUT2D eigenvalue weighted by Crippen LogP contribution is 2.33. The van der Waals surface area contributed by atoms with Gasteiger partial charge in [0.05, 0.1) is 0 Å². The third kappa shape index (κ3) is 8.93.